The van der Waals surface area contributed by atoms with Gasteiger partial charge in [-0.1, -0.05) is 12.1 Å². The van der Waals surface area contributed by atoms with Crippen molar-refractivity contribution in [3.8, 4) is 0 Å². The van der Waals surface area contributed by atoms with Gasteiger partial charge in [-0.05, 0) is 55.7 Å². The van der Waals surface area contributed by atoms with E-state index in [1.807, 2.05) is 12.2 Å². The van der Waals surface area contributed by atoms with Crippen LogP contribution in [0, 0.1) is 5.92 Å². The zero-order valence-electron chi connectivity index (χ0n) is 22.5. The van der Waals surface area contributed by atoms with Crippen molar-refractivity contribution in [2.75, 3.05) is 25.6 Å². The lowest BCUT2D eigenvalue weighted by molar-refractivity contribution is -0.150. The Bertz CT molecular complexity index is 1240. The van der Waals surface area contributed by atoms with Crippen molar-refractivity contribution in [1.29, 1.82) is 0 Å². The second kappa shape index (κ2) is 13.1. The number of hydrogen-bond acceptors (Lipinski definition) is 7. The van der Waals surface area contributed by atoms with Crippen molar-refractivity contribution in [3.63, 3.8) is 0 Å². The van der Waals surface area contributed by atoms with Crippen LogP contribution in [0.15, 0.2) is 29.1 Å². The monoisotopic (exact) mass is 600 g/mol. The van der Waals surface area contributed by atoms with Gasteiger partial charge in [-0.15, -0.1) is 11.6 Å². The number of hydrogen-bond donors (Lipinski definition) is 3. The largest absolute Gasteiger partial charge is 0.410 e. The van der Waals surface area contributed by atoms with Crippen molar-refractivity contribution in [3.05, 3.63) is 41.4 Å². The summed E-state index contributed by atoms with van der Waals surface area (Å²) in [6.45, 7) is 1.14. The number of alkyl halides is 4. The van der Waals surface area contributed by atoms with Crippen molar-refractivity contribution < 1.29 is 36.8 Å². The van der Waals surface area contributed by atoms with E-state index >= 15 is 0 Å². The molecule has 4 rings (SSSR count). The average molecular weight is 601 g/mol. The van der Waals surface area contributed by atoms with Crippen LogP contribution in [-0.2, 0) is 16.0 Å². The number of aryl methyl sites for hydroxylation is 1. The molecule has 1 aliphatic carbocycles. The number of nitrogens with one attached hydrogen (secondary N) is 3. The van der Waals surface area contributed by atoms with E-state index in [0.29, 0.717) is 43.4 Å². The Kier molecular flexibility index (Phi) is 9.74. The molecular formula is C26H32ClF3N6O5. The number of carbonyl (C=O) groups is 3. The number of halogens is 4. The normalized spacial score (nSPS) is 22.6. The van der Waals surface area contributed by atoms with Gasteiger partial charge in [0.25, 0.3) is 5.91 Å². The number of ether oxygens (including phenoxy) is 1. The minimum Gasteiger partial charge on any atom is -0.382 e. The number of rotatable bonds is 10. The number of aromatic nitrogens is 2. The summed E-state index contributed by atoms with van der Waals surface area (Å²) in [6, 6.07) is -1.69. The fourth-order valence-electron chi connectivity index (χ4n) is 5.19. The van der Waals surface area contributed by atoms with Crippen LogP contribution in [0.25, 0.3) is 0 Å². The standard InChI is InChI=1S/C26H32ClF3N6O5/c1-3-18-17(12-41-35-18)23(37)34-22(14-4-6-16(27)7-5-14)24(38)33-21-10-15(8-9-31-21)19(13-40-2)36-11-20(26(28,29)30)32-25(36)39/h8-10,12,14,16,19-20,22H,3-7,11,13H2,1-2H3,(H,32,39)(H,34,37)(H,31,33,38)/t14?,16?,19-,20+,22+/m1/s1. The summed E-state index contributed by atoms with van der Waals surface area (Å²) in [7, 11) is 1.37. The van der Waals surface area contributed by atoms with E-state index < -0.39 is 48.7 Å². The third-order valence-corrected chi connectivity index (χ3v) is 7.86. The van der Waals surface area contributed by atoms with Gasteiger partial charge in [0.2, 0.25) is 5.91 Å². The molecule has 1 saturated carbocycles. The van der Waals surface area contributed by atoms with E-state index in [0.717, 1.165) is 4.90 Å². The Morgan fingerprint density at radius 2 is 2.02 bits per heavy atom. The Labute approximate surface area is 239 Å². The highest BCUT2D eigenvalue weighted by Gasteiger charge is 2.48. The van der Waals surface area contributed by atoms with E-state index in [-0.39, 0.29) is 29.3 Å². The third kappa shape index (κ3) is 7.28. The Hall–Kier alpha value is -3.39. The van der Waals surface area contributed by atoms with E-state index in [1.165, 1.54) is 31.7 Å². The lowest BCUT2D eigenvalue weighted by Gasteiger charge is -2.31. The molecule has 4 amide bonds. The molecule has 0 unspecified atom stereocenters. The number of anilines is 1. The Morgan fingerprint density at radius 3 is 2.66 bits per heavy atom. The molecule has 2 aromatic rings. The van der Waals surface area contributed by atoms with Crippen LogP contribution in [0.1, 0.15) is 60.3 Å². The number of amides is 4. The smallest absolute Gasteiger partial charge is 0.382 e. The third-order valence-electron chi connectivity index (χ3n) is 7.42. The first-order valence-corrected chi connectivity index (χ1v) is 13.7. The van der Waals surface area contributed by atoms with E-state index in [2.05, 4.69) is 20.8 Å². The zero-order chi connectivity index (χ0) is 29.7. The quantitative estimate of drug-likeness (QED) is 0.353. The van der Waals surface area contributed by atoms with Crippen LogP contribution in [0.2, 0.25) is 0 Å². The fourth-order valence-corrected chi connectivity index (χ4v) is 5.44. The highest BCUT2D eigenvalue weighted by molar-refractivity contribution is 6.20. The molecule has 2 fully saturated rings. The molecule has 0 bridgehead atoms. The van der Waals surface area contributed by atoms with Gasteiger partial charge in [0.1, 0.15) is 29.7 Å². The van der Waals surface area contributed by atoms with E-state index in [9.17, 15) is 27.6 Å². The highest BCUT2D eigenvalue weighted by atomic mass is 35.5. The Balaban J connectivity index is 1.54. The van der Waals surface area contributed by atoms with Crippen LogP contribution >= 0.6 is 11.6 Å². The number of pyridine rings is 1. The first-order chi connectivity index (χ1) is 19.5. The average Bonchev–Trinajstić information content (AvgIpc) is 3.57. The second-order valence-corrected chi connectivity index (χ2v) is 10.7. The van der Waals surface area contributed by atoms with Crippen LogP contribution < -0.4 is 16.0 Å². The molecule has 0 spiro atoms. The highest BCUT2D eigenvalue weighted by Crippen LogP contribution is 2.32. The summed E-state index contributed by atoms with van der Waals surface area (Å²) in [5, 5.41) is 11.3. The first-order valence-electron chi connectivity index (χ1n) is 13.3. The molecule has 2 aliphatic rings. The van der Waals surface area contributed by atoms with Gasteiger partial charge < -0.3 is 30.1 Å². The van der Waals surface area contributed by atoms with Gasteiger partial charge in [0.15, 0.2) is 0 Å². The molecule has 1 aliphatic heterocycles. The molecule has 224 valence electrons. The van der Waals surface area contributed by atoms with E-state index in [1.54, 1.807) is 0 Å². The summed E-state index contributed by atoms with van der Waals surface area (Å²) < 4.78 is 49.9. The summed E-state index contributed by atoms with van der Waals surface area (Å²) in [4.78, 5) is 44.3. The van der Waals surface area contributed by atoms with Crippen LogP contribution in [0.4, 0.5) is 23.8 Å². The van der Waals surface area contributed by atoms with Crippen molar-refractivity contribution in [2.45, 2.75) is 68.7 Å². The molecule has 0 aromatic carbocycles. The molecule has 15 heteroatoms. The van der Waals surface area contributed by atoms with Gasteiger partial charge in [0.05, 0.1) is 24.9 Å². The van der Waals surface area contributed by atoms with Crippen molar-refractivity contribution in [1.82, 2.24) is 25.7 Å². The minimum absolute atomic E-state index is 0.00812. The van der Waals surface area contributed by atoms with Gasteiger partial charge in [-0.25, -0.2) is 9.78 Å². The summed E-state index contributed by atoms with van der Waals surface area (Å²) in [5.41, 5.74) is 1.11. The number of nitrogens with zero attached hydrogens (tertiary/aromatic N) is 3. The molecule has 41 heavy (non-hydrogen) atoms. The predicted molar refractivity (Wildman–Crippen MR) is 141 cm³/mol. The van der Waals surface area contributed by atoms with E-state index in [4.69, 9.17) is 20.9 Å². The maximum Gasteiger partial charge on any atom is 0.410 e. The molecular weight excluding hydrogens is 569 g/mol. The van der Waals surface area contributed by atoms with Gasteiger partial charge in [-0.3, -0.25) is 9.59 Å². The predicted octanol–water partition coefficient (Wildman–Crippen LogP) is 3.81. The lowest BCUT2D eigenvalue weighted by Crippen LogP contribution is -2.49. The van der Waals surface area contributed by atoms with Gasteiger partial charge >= 0.3 is 12.2 Å². The molecule has 1 saturated heterocycles. The number of methoxy groups -OCH3 is 1. The lowest BCUT2D eigenvalue weighted by atomic mass is 9.83. The maximum absolute atomic E-state index is 13.6. The zero-order valence-corrected chi connectivity index (χ0v) is 23.3. The molecule has 3 atom stereocenters. The molecule has 11 nitrogen and oxygen atoms in total. The van der Waals surface area contributed by atoms with Crippen LogP contribution in [0.5, 0.6) is 0 Å². The van der Waals surface area contributed by atoms with Gasteiger partial charge in [-0.2, -0.15) is 13.2 Å². The first kappa shape index (κ1) is 30.6. The second-order valence-electron chi connectivity index (χ2n) is 10.1. The number of urea groups is 1. The van der Waals surface area contributed by atoms with Crippen molar-refractivity contribution in [2.24, 2.45) is 5.92 Å². The van der Waals surface area contributed by atoms with Crippen LogP contribution in [-0.4, -0.2) is 76.8 Å². The van der Waals surface area contributed by atoms with Crippen molar-refractivity contribution >= 4 is 35.3 Å². The molecule has 0 radical (unpaired) electrons. The van der Waals surface area contributed by atoms with Gasteiger partial charge in [0, 0.05) is 18.7 Å². The van der Waals surface area contributed by atoms with Crippen LogP contribution in [0.3, 0.4) is 0 Å². The topological polar surface area (TPSA) is 139 Å². The molecule has 2 aromatic heterocycles. The molecule has 3 heterocycles. The summed E-state index contributed by atoms with van der Waals surface area (Å²) in [5.74, 6) is -1.12. The SMILES string of the molecule is CCc1nocc1C(=O)N[C@H](C(=O)Nc1cc([C@@H](COC)N2C[C@@H](C(F)(F)F)NC2=O)ccn1)C1CCC(Cl)CC1. The fraction of sp³-hybridized carbons (Fsp3) is 0.577. The summed E-state index contributed by atoms with van der Waals surface area (Å²) >= 11 is 6.27. The summed E-state index contributed by atoms with van der Waals surface area (Å²) in [6.07, 6.45) is 1.06. The maximum atomic E-state index is 13.6. The minimum atomic E-state index is -4.61. The molecule has 3 N–H and O–H groups in total. The Morgan fingerprint density at radius 1 is 1.29 bits per heavy atom. The number of carbonyl (C=O) groups excluding carboxylic acids is 3.